The summed E-state index contributed by atoms with van der Waals surface area (Å²) < 4.78 is 10.4. The lowest BCUT2D eigenvalue weighted by atomic mass is 9.99. The molecule has 2 aromatic heterocycles. The van der Waals surface area contributed by atoms with Crippen molar-refractivity contribution in [2.45, 2.75) is 25.8 Å². The first-order valence-corrected chi connectivity index (χ1v) is 8.40. The van der Waals surface area contributed by atoms with Gasteiger partial charge in [-0.2, -0.15) is 0 Å². The Kier molecular flexibility index (Phi) is 5.31. The smallest absolute Gasteiger partial charge is 0.290 e. The fourth-order valence-electron chi connectivity index (χ4n) is 2.58. The molecule has 0 aliphatic carbocycles. The predicted octanol–water partition coefficient (Wildman–Crippen LogP) is 3.72. The van der Waals surface area contributed by atoms with Crippen molar-refractivity contribution >= 4 is 5.91 Å². The lowest BCUT2D eigenvalue weighted by molar-refractivity contribution is 0.0905. The molecule has 6 heteroatoms. The molecule has 0 unspecified atom stereocenters. The highest BCUT2D eigenvalue weighted by atomic mass is 16.5. The maximum Gasteiger partial charge on any atom is 0.290 e. The van der Waals surface area contributed by atoms with Crippen LogP contribution in [0.2, 0.25) is 0 Å². The lowest BCUT2D eigenvalue weighted by Crippen LogP contribution is -2.29. The van der Waals surface area contributed by atoms with Crippen LogP contribution in [0, 0.1) is 0 Å². The minimum atomic E-state index is -0.344. The van der Waals surface area contributed by atoms with Crippen molar-refractivity contribution in [1.29, 1.82) is 0 Å². The number of rotatable bonds is 6. The number of pyridine rings is 1. The maximum absolute atomic E-state index is 12.7. The van der Waals surface area contributed by atoms with Gasteiger partial charge in [0.1, 0.15) is 5.75 Å². The molecule has 1 aromatic carbocycles. The van der Waals surface area contributed by atoms with Gasteiger partial charge in [0, 0.05) is 18.5 Å². The fraction of sp³-hybridized carbons (Fsp3) is 0.250. The van der Waals surface area contributed by atoms with Crippen LogP contribution in [0.4, 0.5) is 0 Å². The van der Waals surface area contributed by atoms with Crippen molar-refractivity contribution in [2.24, 2.45) is 0 Å². The first kappa shape index (κ1) is 17.7. The zero-order chi connectivity index (χ0) is 18.5. The Hall–Kier alpha value is -3.15. The van der Waals surface area contributed by atoms with Crippen LogP contribution in [0.25, 0.3) is 0 Å². The number of nitrogens with one attached hydrogen (secondary N) is 1. The van der Waals surface area contributed by atoms with Gasteiger partial charge in [-0.15, -0.1) is 0 Å². The summed E-state index contributed by atoms with van der Waals surface area (Å²) >= 11 is 0. The molecular formula is C20H21N3O3. The number of methoxy groups -OCH3 is 1. The highest BCUT2D eigenvalue weighted by molar-refractivity contribution is 5.92. The fourth-order valence-corrected chi connectivity index (χ4v) is 2.58. The van der Waals surface area contributed by atoms with Gasteiger partial charge in [0.15, 0.2) is 0 Å². The first-order chi connectivity index (χ1) is 12.6. The summed E-state index contributed by atoms with van der Waals surface area (Å²) in [4.78, 5) is 16.7. The molecule has 0 aliphatic rings. The van der Waals surface area contributed by atoms with E-state index in [4.69, 9.17) is 9.26 Å². The monoisotopic (exact) mass is 351 g/mol. The summed E-state index contributed by atoms with van der Waals surface area (Å²) in [6, 6.07) is 12.6. The molecule has 0 aliphatic heterocycles. The molecule has 26 heavy (non-hydrogen) atoms. The Morgan fingerprint density at radius 1 is 1.08 bits per heavy atom. The highest BCUT2D eigenvalue weighted by Gasteiger charge is 2.21. The molecule has 0 radical (unpaired) electrons. The van der Waals surface area contributed by atoms with Crippen molar-refractivity contribution in [2.75, 3.05) is 7.11 Å². The Bertz CT molecular complexity index is 858. The summed E-state index contributed by atoms with van der Waals surface area (Å²) in [5, 5.41) is 6.96. The summed E-state index contributed by atoms with van der Waals surface area (Å²) in [6.07, 6.45) is 3.40. The van der Waals surface area contributed by atoms with Crippen LogP contribution < -0.4 is 10.1 Å². The van der Waals surface area contributed by atoms with Gasteiger partial charge < -0.3 is 14.6 Å². The van der Waals surface area contributed by atoms with E-state index in [9.17, 15) is 4.79 Å². The number of carbonyl (C=O) groups excluding carboxylic acids is 1. The van der Waals surface area contributed by atoms with E-state index in [1.54, 1.807) is 25.6 Å². The van der Waals surface area contributed by atoms with Gasteiger partial charge in [-0.25, -0.2) is 0 Å². The number of carbonyl (C=O) groups is 1. The topological polar surface area (TPSA) is 77.2 Å². The molecular weight excluding hydrogens is 330 g/mol. The minimum absolute atomic E-state index is 0.192. The zero-order valence-corrected chi connectivity index (χ0v) is 15.0. The Morgan fingerprint density at radius 2 is 1.73 bits per heavy atom. The average molecular weight is 351 g/mol. The third kappa shape index (κ3) is 3.91. The van der Waals surface area contributed by atoms with Crippen molar-refractivity contribution in [1.82, 2.24) is 15.5 Å². The van der Waals surface area contributed by atoms with E-state index in [2.05, 4.69) is 15.5 Å². The van der Waals surface area contributed by atoms with Crippen LogP contribution in [-0.4, -0.2) is 23.2 Å². The molecule has 0 fully saturated rings. The molecule has 2 heterocycles. The quantitative estimate of drug-likeness (QED) is 0.732. The number of benzene rings is 1. The predicted molar refractivity (Wildman–Crippen MR) is 97.1 cm³/mol. The SMILES string of the molecule is COc1ccc([C@@H](NC(=O)c2cc(C(C)C)no2)c2ccncc2)cc1. The molecule has 1 N–H and O–H groups in total. The Labute approximate surface area is 152 Å². The zero-order valence-electron chi connectivity index (χ0n) is 15.0. The average Bonchev–Trinajstić information content (AvgIpc) is 3.17. The molecule has 0 bridgehead atoms. The highest BCUT2D eigenvalue weighted by Crippen LogP contribution is 2.24. The Balaban J connectivity index is 1.88. The van der Waals surface area contributed by atoms with E-state index in [-0.39, 0.29) is 23.6 Å². The number of aromatic nitrogens is 2. The van der Waals surface area contributed by atoms with Gasteiger partial charge >= 0.3 is 0 Å². The second kappa shape index (κ2) is 7.82. The van der Waals surface area contributed by atoms with Crippen molar-refractivity contribution in [3.05, 3.63) is 77.4 Å². The molecule has 1 atom stereocenters. The van der Waals surface area contributed by atoms with Gasteiger partial charge in [0.05, 0.1) is 18.8 Å². The van der Waals surface area contributed by atoms with Gasteiger partial charge in [-0.05, 0) is 41.3 Å². The molecule has 1 amide bonds. The summed E-state index contributed by atoms with van der Waals surface area (Å²) in [5.41, 5.74) is 2.59. The van der Waals surface area contributed by atoms with Crippen LogP contribution >= 0.6 is 0 Å². The molecule has 3 rings (SSSR count). The van der Waals surface area contributed by atoms with Crippen LogP contribution in [0.3, 0.4) is 0 Å². The van der Waals surface area contributed by atoms with Crippen molar-refractivity contribution in [3.63, 3.8) is 0 Å². The van der Waals surface area contributed by atoms with E-state index in [0.29, 0.717) is 0 Å². The van der Waals surface area contributed by atoms with Gasteiger partial charge in [0.25, 0.3) is 5.91 Å². The largest absolute Gasteiger partial charge is 0.497 e. The number of hydrogen-bond acceptors (Lipinski definition) is 5. The van der Waals surface area contributed by atoms with Gasteiger partial charge in [-0.1, -0.05) is 31.1 Å². The van der Waals surface area contributed by atoms with Gasteiger partial charge in [0.2, 0.25) is 5.76 Å². The third-order valence-electron chi connectivity index (χ3n) is 4.11. The minimum Gasteiger partial charge on any atom is -0.497 e. The normalized spacial score (nSPS) is 12.0. The van der Waals surface area contributed by atoms with Crippen LogP contribution in [0.15, 0.2) is 59.4 Å². The van der Waals surface area contributed by atoms with Crippen LogP contribution in [-0.2, 0) is 0 Å². The number of ether oxygens (including phenoxy) is 1. The molecule has 0 saturated heterocycles. The summed E-state index contributed by atoms with van der Waals surface area (Å²) in [6.45, 7) is 3.99. The van der Waals surface area contributed by atoms with Crippen molar-refractivity contribution in [3.8, 4) is 5.75 Å². The molecule has 134 valence electrons. The summed E-state index contributed by atoms with van der Waals surface area (Å²) in [7, 11) is 1.62. The Morgan fingerprint density at radius 3 is 2.31 bits per heavy atom. The molecule has 0 saturated carbocycles. The van der Waals surface area contributed by atoms with E-state index in [1.165, 1.54) is 0 Å². The first-order valence-electron chi connectivity index (χ1n) is 8.40. The third-order valence-corrected chi connectivity index (χ3v) is 4.11. The number of hydrogen-bond donors (Lipinski definition) is 1. The van der Waals surface area contributed by atoms with Crippen molar-refractivity contribution < 1.29 is 14.1 Å². The molecule has 0 spiro atoms. The number of amides is 1. The van der Waals surface area contributed by atoms with Crippen LogP contribution in [0.1, 0.15) is 53.2 Å². The molecule has 6 nitrogen and oxygen atoms in total. The van der Waals surface area contributed by atoms with E-state index in [1.807, 2.05) is 50.2 Å². The second-order valence-electron chi connectivity index (χ2n) is 6.23. The second-order valence-corrected chi connectivity index (χ2v) is 6.23. The van der Waals surface area contributed by atoms with E-state index >= 15 is 0 Å². The maximum atomic E-state index is 12.7. The van der Waals surface area contributed by atoms with E-state index in [0.717, 1.165) is 22.6 Å². The summed E-state index contributed by atoms with van der Waals surface area (Å²) in [5.74, 6) is 0.826. The molecule has 3 aromatic rings. The lowest BCUT2D eigenvalue weighted by Gasteiger charge is -2.19. The van der Waals surface area contributed by atoms with Gasteiger partial charge in [-0.3, -0.25) is 9.78 Å². The van der Waals surface area contributed by atoms with E-state index < -0.39 is 0 Å². The standard InChI is InChI=1S/C20H21N3O3/c1-13(2)17-12-18(26-23-17)20(24)22-19(15-8-10-21-11-9-15)14-4-6-16(25-3)7-5-14/h4-13,19H,1-3H3,(H,22,24)/t19-/m1/s1. The van der Waals surface area contributed by atoms with Crippen LogP contribution in [0.5, 0.6) is 5.75 Å². The number of nitrogens with zero attached hydrogens (tertiary/aromatic N) is 2.